The lowest BCUT2D eigenvalue weighted by Crippen LogP contribution is -2.59. The summed E-state index contributed by atoms with van der Waals surface area (Å²) < 4.78 is 14.5. The fraction of sp³-hybridized carbons (Fsp3) is 0.393. The van der Waals surface area contributed by atoms with Gasteiger partial charge in [-0.15, -0.1) is 11.3 Å². The number of phenolic OH excluding ortho intramolecular Hbond substituents is 1. The van der Waals surface area contributed by atoms with Crippen LogP contribution in [0.5, 0.6) is 5.75 Å². The molecular formula is C28H30FN5O2S. The van der Waals surface area contributed by atoms with Gasteiger partial charge in [0, 0.05) is 43.7 Å². The third-order valence-electron chi connectivity index (χ3n) is 8.11. The summed E-state index contributed by atoms with van der Waals surface area (Å²) in [6.07, 6.45) is 3.11. The largest absolute Gasteiger partial charge is 0.504 e. The quantitative estimate of drug-likeness (QED) is 0.514. The number of likely N-dealkylation sites (tertiary alicyclic amines) is 1. The molecule has 0 bridgehead atoms. The predicted octanol–water partition coefficient (Wildman–Crippen LogP) is 4.45. The van der Waals surface area contributed by atoms with Crippen LogP contribution in [-0.2, 0) is 17.8 Å². The monoisotopic (exact) mass is 519 g/mol. The number of phenols is 1. The molecule has 192 valence electrons. The van der Waals surface area contributed by atoms with Gasteiger partial charge in [0.15, 0.2) is 11.6 Å². The van der Waals surface area contributed by atoms with Gasteiger partial charge in [0.1, 0.15) is 10.8 Å². The van der Waals surface area contributed by atoms with E-state index in [9.17, 15) is 14.3 Å². The maximum absolute atomic E-state index is 14.5. The number of carbonyl (C=O) groups excluding carboxylic acids is 1. The van der Waals surface area contributed by atoms with Crippen molar-refractivity contribution in [3.05, 3.63) is 64.7 Å². The Balaban J connectivity index is 1.41. The van der Waals surface area contributed by atoms with Crippen molar-refractivity contribution >= 4 is 28.1 Å². The summed E-state index contributed by atoms with van der Waals surface area (Å²) in [7, 11) is 0. The van der Waals surface area contributed by atoms with Gasteiger partial charge in [-0.3, -0.25) is 4.79 Å². The first-order valence-corrected chi connectivity index (χ1v) is 13.5. The van der Waals surface area contributed by atoms with Gasteiger partial charge in [0.25, 0.3) is 0 Å². The number of carbonyl (C=O) groups is 1. The van der Waals surface area contributed by atoms with Crippen LogP contribution in [0.25, 0.3) is 11.1 Å². The van der Waals surface area contributed by atoms with E-state index in [0.29, 0.717) is 12.1 Å². The highest BCUT2D eigenvalue weighted by Gasteiger charge is 2.49. The van der Waals surface area contributed by atoms with E-state index in [1.807, 2.05) is 24.3 Å². The second-order valence-electron chi connectivity index (χ2n) is 10.5. The molecule has 3 aliphatic heterocycles. The van der Waals surface area contributed by atoms with Crippen LogP contribution in [-0.4, -0.2) is 58.6 Å². The van der Waals surface area contributed by atoms with Crippen molar-refractivity contribution in [2.24, 2.45) is 5.41 Å². The van der Waals surface area contributed by atoms with E-state index < -0.39 is 5.82 Å². The molecule has 2 fully saturated rings. The van der Waals surface area contributed by atoms with Crippen LogP contribution in [0.15, 0.2) is 36.4 Å². The zero-order chi connectivity index (χ0) is 25.9. The highest BCUT2D eigenvalue weighted by Crippen LogP contribution is 2.46. The molecule has 3 aliphatic rings. The Morgan fingerprint density at radius 1 is 1.22 bits per heavy atom. The number of hydrogen-bond donors (Lipinski definition) is 1. The second kappa shape index (κ2) is 8.83. The molecule has 37 heavy (non-hydrogen) atoms. The molecule has 0 radical (unpaired) electrons. The Labute approximate surface area is 219 Å². The topological polar surface area (TPSA) is 72.8 Å². The third kappa shape index (κ3) is 3.87. The van der Waals surface area contributed by atoms with Gasteiger partial charge < -0.3 is 19.8 Å². The van der Waals surface area contributed by atoms with Crippen LogP contribution in [0.4, 0.5) is 15.2 Å². The van der Waals surface area contributed by atoms with Crippen LogP contribution in [0, 0.1) is 25.1 Å². The van der Waals surface area contributed by atoms with Crippen molar-refractivity contribution in [2.75, 3.05) is 42.5 Å². The van der Waals surface area contributed by atoms with Crippen LogP contribution in [0.1, 0.15) is 28.9 Å². The van der Waals surface area contributed by atoms with E-state index in [-0.39, 0.29) is 17.1 Å². The summed E-state index contributed by atoms with van der Waals surface area (Å²) in [4.78, 5) is 28.1. The molecule has 0 atom stereocenters. The number of hydrogen-bond acceptors (Lipinski definition) is 7. The van der Waals surface area contributed by atoms with Crippen molar-refractivity contribution in [2.45, 2.75) is 33.2 Å². The van der Waals surface area contributed by atoms with Crippen molar-refractivity contribution in [3.63, 3.8) is 0 Å². The number of pyridine rings is 1. The third-order valence-corrected chi connectivity index (χ3v) is 9.10. The van der Waals surface area contributed by atoms with Gasteiger partial charge in [-0.05, 0) is 55.5 Å². The van der Waals surface area contributed by atoms with Crippen LogP contribution in [0.3, 0.4) is 0 Å². The summed E-state index contributed by atoms with van der Waals surface area (Å²) in [5.41, 5.74) is 7.32. The van der Waals surface area contributed by atoms with Gasteiger partial charge in [-0.1, -0.05) is 18.7 Å². The van der Waals surface area contributed by atoms with Gasteiger partial charge >= 0.3 is 0 Å². The lowest BCUT2D eigenvalue weighted by atomic mass is 9.79. The van der Waals surface area contributed by atoms with Crippen molar-refractivity contribution < 1.29 is 14.3 Å². The highest BCUT2D eigenvalue weighted by atomic mass is 32.1. The predicted molar refractivity (Wildman–Crippen MR) is 144 cm³/mol. The molecule has 2 aromatic heterocycles. The summed E-state index contributed by atoms with van der Waals surface area (Å²) >= 11 is 1.63. The number of anilines is 2. The van der Waals surface area contributed by atoms with E-state index in [4.69, 9.17) is 4.98 Å². The SMILES string of the molecule is C=CC(=O)N1CC2(CCN(c3nc4c(c(-c5cccc(F)c5O)c3C)CCN(c3scnc3C)C4)C2)C1. The molecule has 0 unspecified atom stereocenters. The van der Waals surface area contributed by atoms with Crippen molar-refractivity contribution in [1.82, 2.24) is 14.9 Å². The van der Waals surface area contributed by atoms with Gasteiger partial charge in [0.05, 0.1) is 23.4 Å². The van der Waals surface area contributed by atoms with E-state index in [1.54, 1.807) is 23.5 Å². The molecule has 1 spiro atoms. The van der Waals surface area contributed by atoms with Crippen LogP contribution >= 0.6 is 11.3 Å². The fourth-order valence-electron chi connectivity index (χ4n) is 6.25. The molecule has 9 heteroatoms. The number of amides is 1. The van der Waals surface area contributed by atoms with Gasteiger partial charge in [-0.25, -0.2) is 14.4 Å². The molecule has 1 amide bonds. The molecule has 7 nitrogen and oxygen atoms in total. The number of benzene rings is 1. The number of thiazole rings is 1. The summed E-state index contributed by atoms with van der Waals surface area (Å²) in [6, 6.07) is 4.73. The average molecular weight is 520 g/mol. The molecule has 2 saturated heterocycles. The number of para-hydroxylation sites is 1. The van der Waals surface area contributed by atoms with E-state index >= 15 is 0 Å². The first kappa shape index (κ1) is 23.9. The first-order chi connectivity index (χ1) is 17.8. The van der Waals surface area contributed by atoms with Crippen LogP contribution in [0.2, 0.25) is 0 Å². The van der Waals surface area contributed by atoms with Crippen LogP contribution < -0.4 is 9.80 Å². The average Bonchev–Trinajstić information content (AvgIpc) is 3.51. The molecule has 1 aromatic carbocycles. The number of nitrogens with zero attached hydrogens (tertiary/aromatic N) is 5. The number of aryl methyl sites for hydroxylation is 1. The normalized spacial score (nSPS) is 18.2. The number of halogens is 1. The lowest BCUT2D eigenvalue weighted by molar-refractivity contribution is -0.136. The minimum absolute atomic E-state index is 0.0190. The van der Waals surface area contributed by atoms with E-state index in [0.717, 1.165) is 84.5 Å². The number of aromatic hydroxyl groups is 1. The first-order valence-electron chi connectivity index (χ1n) is 12.6. The minimum atomic E-state index is -0.622. The van der Waals surface area contributed by atoms with E-state index in [2.05, 4.69) is 21.4 Å². The minimum Gasteiger partial charge on any atom is -0.504 e. The molecule has 3 aromatic rings. The smallest absolute Gasteiger partial charge is 0.245 e. The Bertz CT molecular complexity index is 1410. The van der Waals surface area contributed by atoms with Gasteiger partial charge in [0.2, 0.25) is 5.91 Å². The number of rotatable bonds is 4. The second-order valence-corrected chi connectivity index (χ2v) is 11.3. The lowest BCUT2D eigenvalue weighted by Gasteiger charge is -2.47. The van der Waals surface area contributed by atoms with Crippen molar-refractivity contribution in [1.29, 1.82) is 0 Å². The number of fused-ring (bicyclic) bond motifs is 1. The van der Waals surface area contributed by atoms with Gasteiger partial charge in [-0.2, -0.15) is 0 Å². The summed E-state index contributed by atoms with van der Waals surface area (Å²) in [6.45, 7) is 12.2. The zero-order valence-electron chi connectivity index (χ0n) is 21.1. The Morgan fingerprint density at radius 2 is 2.03 bits per heavy atom. The number of aromatic nitrogens is 2. The Kier molecular flexibility index (Phi) is 5.71. The molecular weight excluding hydrogens is 489 g/mol. The molecule has 0 saturated carbocycles. The fourth-order valence-corrected chi connectivity index (χ4v) is 7.09. The molecule has 6 rings (SSSR count). The molecule has 5 heterocycles. The summed E-state index contributed by atoms with van der Waals surface area (Å²) in [5, 5.41) is 11.9. The molecule has 0 aliphatic carbocycles. The van der Waals surface area contributed by atoms with E-state index in [1.165, 1.54) is 12.1 Å². The highest BCUT2D eigenvalue weighted by molar-refractivity contribution is 7.14. The summed E-state index contributed by atoms with van der Waals surface area (Å²) in [5.74, 6) is -0.0791. The Hall–Kier alpha value is -3.46. The maximum Gasteiger partial charge on any atom is 0.245 e. The zero-order valence-corrected chi connectivity index (χ0v) is 21.9. The Morgan fingerprint density at radius 3 is 2.76 bits per heavy atom. The van der Waals surface area contributed by atoms with Crippen molar-refractivity contribution in [3.8, 4) is 16.9 Å². The molecule has 1 N–H and O–H groups in total. The standard InChI is InChI=1S/C28H30FN5O2S/c1-4-23(35)34-14-28(15-34)9-11-33(13-28)26-17(2)24(20-6-5-7-21(29)25(20)36)19-8-10-32(12-22(19)31-26)27-18(3)30-16-37-27/h4-7,16,36H,1,8-15H2,2-3H3. The maximum atomic E-state index is 14.5.